The van der Waals surface area contributed by atoms with Crippen molar-refractivity contribution in [2.24, 2.45) is 0 Å². The van der Waals surface area contributed by atoms with E-state index in [2.05, 4.69) is 6.58 Å². The van der Waals surface area contributed by atoms with Gasteiger partial charge in [0.15, 0.2) is 11.5 Å². The molecule has 0 amide bonds. The average Bonchev–Trinajstić information content (AvgIpc) is 2.66. The summed E-state index contributed by atoms with van der Waals surface area (Å²) in [4.78, 5) is 23.9. The third-order valence-electron chi connectivity index (χ3n) is 3.45. The van der Waals surface area contributed by atoms with Crippen LogP contribution in [0.15, 0.2) is 54.6 Å². The lowest BCUT2D eigenvalue weighted by molar-refractivity contribution is -0.130. The molecule has 2 rings (SSSR count). The van der Waals surface area contributed by atoms with Crippen molar-refractivity contribution < 1.29 is 28.5 Å². The number of methoxy groups -OCH3 is 2. The quantitative estimate of drug-likeness (QED) is 0.429. The standard InChI is InChI=1S/C20H20O6/c1-13(2)19(21)26-17-9-8-15(11-18(17)24-4)20(22)25-12-14-6-5-7-16(10-14)23-3/h5-11H,1,12H2,2-4H3. The summed E-state index contributed by atoms with van der Waals surface area (Å²) < 4.78 is 20.8. The van der Waals surface area contributed by atoms with Crippen molar-refractivity contribution in [1.82, 2.24) is 0 Å². The molecule has 0 aromatic heterocycles. The number of carbonyl (C=O) groups excluding carboxylic acids is 2. The number of hydrogen-bond donors (Lipinski definition) is 0. The monoisotopic (exact) mass is 356 g/mol. The van der Waals surface area contributed by atoms with Crippen molar-refractivity contribution in [3.8, 4) is 17.2 Å². The van der Waals surface area contributed by atoms with Crippen LogP contribution in [0.3, 0.4) is 0 Å². The summed E-state index contributed by atoms with van der Waals surface area (Å²) in [6.45, 7) is 5.16. The van der Waals surface area contributed by atoms with Crippen LogP contribution in [0.4, 0.5) is 0 Å². The molecule has 136 valence electrons. The van der Waals surface area contributed by atoms with Gasteiger partial charge in [-0.25, -0.2) is 9.59 Å². The summed E-state index contributed by atoms with van der Waals surface area (Å²) in [5, 5.41) is 0. The van der Waals surface area contributed by atoms with Gasteiger partial charge in [-0.15, -0.1) is 0 Å². The molecule has 0 saturated heterocycles. The van der Waals surface area contributed by atoms with Crippen LogP contribution in [0.5, 0.6) is 17.2 Å². The first-order valence-electron chi connectivity index (χ1n) is 7.80. The van der Waals surface area contributed by atoms with Crippen molar-refractivity contribution >= 4 is 11.9 Å². The normalized spacial score (nSPS) is 9.96. The van der Waals surface area contributed by atoms with Crippen LogP contribution in [-0.2, 0) is 16.1 Å². The maximum Gasteiger partial charge on any atom is 0.338 e. The van der Waals surface area contributed by atoms with Gasteiger partial charge in [0.05, 0.1) is 19.8 Å². The van der Waals surface area contributed by atoms with Gasteiger partial charge in [0, 0.05) is 5.57 Å². The van der Waals surface area contributed by atoms with Crippen molar-refractivity contribution in [3.05, 3.63) is 65.7 Å². The first-order valence-corrected chi connectivity index (χ1v) is 7.80. The fraction of sp³-hybridized carbons (Fsp3) is 0.200. The molecular weight excluding hydrogens is 336 g/mol. The highest BCUT2D eigenvalue weighted by atomic mass is 16.6. The summed E-state index contributed by atoms with van der Waals surface area (Å²) in [5.74, 6) is 0.0322. The predicted molar refractivity (Wildman–Crippen MR) is 95.6 cm³/mol. The zero-order valence-electron chi connectivity index (χ0n) is 14.9. The number of rotatable bonds is 7. The van der Waals surface area contributed by atoms with Crippen LogP contribution < -0.4 is 14.2 Å². The van der Waals surface area contributed by atoms with Crippen LogP contribution in [0.2, 0.25) is 0 Å². The molecule has 0 N–H and O–H groups in total. The molecule has 0 saturated carbocycles. The summed E-state index contributed by atoms with van der Waals surface area (Å²) in [6, 6.07) is 11.7. The van der Waals surface area contributed by atoms with Crippen molar-refractivity contribution in [3.63, 3.8) is 0 Å². The first kappa shape index (κ1) is 19.1. The van der Waals surface area contributed by atoms with Crippen molar-refractivity contribution in [1.29, 1.82) is 0 Å². The Hall–Kier alpha value is -3.28. The van der Waals surface area contributed by atoms with Crippen LogP contribution >= 0.6 is 0 Å². The molecule has 0 radical (unpaired) electrons. The minimum atomic E-state index is -0.573. The molecule has 6 nitrogen and oxygen atoms in total. The number of ether oxygens (including phenoxy) is 4. The van der Waals surface area contributed by atoms with Crippen LogP contribution in [0.25, 0.3) is 0 Å². The molecule has 0 fully saturated rings. The topological polar surface area (TPSA) is 71.1 Å². The van der Waals surface area contributed by atoms with E-state index in [0.29, 0.717) is 5.75 Å². The van der Waals surface area contributed by atoms with Crippen LogP contribution in [0, 0.1) is 0 Å². The first-order chi connectivity index (χ1) is 12.4. The second kappa shape index (κ2) is 8.71. The van der Waals surface area contributed by atoms with Crippen LogP contribution in [-0.4, -0.2) is 26.2 Å². The Kier molecular flexibility index (Phi) is 6.38. The second-order valence-electron chi connectivity index (χ2n) is 5.46. The zero-order chi connectivity index (χ0) is 19.1. The van der Waals surface area contributed by atoms with E-state index in [1.54, 1.807) is 26.2 Å². The lowest BCUT2D eigenvalue weighted by Gasteiger charge is -2.11. The van der Waals surface area contributed by atoms with E-state index in [-0.39, 0.29) is 29.2 Å². The van der Waals surface area contributed by atoms with Crippen molar-refractivity contribution in [2.75, 3.05) is 14.2 Å². The van der Waals surface area contributed by atoms with E-state index in [1.807, 2.05) is 12.1 Å². The number of hydrogen-bond acceptors (Lipinski definition) is 6. The molecule has 2 aromatic rings. The Morgan fingerprint density at radius 3 is 2.42 bits per heavy atom. The third kappa shape index (κ3) is 4.86. The minimum absolute atomic E-state index is 0.102. The molecular formula is C20H20O6. The van der Waals surface area contributed by atoms with Gasteiger partial charge in [0.2, 0.25) is 0 Å². The summed E-state index contributed by atoms with van der Waals surface area (Å²) in [6.07, 6.45) is 0. The van der Waals surface area contributed by atoms with E-state index in [1.165, 1.54) is 25.3 Å². The van der Waals surface area contributed by atoms with Gasteiger partial charge in [-0.2, -0.15) is 0 Å². The van der Waals surface area contributed by atoms with E-state index in [4.69, 9.17) is 18.9 Å². The van der Waals surface area contributed by atoms with E-state index >= 15 is 0 Å². The summed E-state index contributed by atoms with van der Waals surface area (Å²) in [5.41, 5.74) is 1.34. The Morgan fingerprint density at radius 2 is 1.77 bits per heavy atom. The Labute approximate surface area is 151 Å². The zero-order valence-corrected chi connectivity index (χ0v) is 14.9. The van der Waals surface area contributed by atoms with Gasteiger partial charge in [-0.05, 0) is 42.8 Å². The average molecular weight is 356 g/mol. The number of carbonyl (C=O) groups is 2. The SMILES string of the molecule is C=C(C)C(=O)Oc1ccc(C(=O)OCc2cccc(OC)c2)cc1OC. The lowest BCUT2D eigenvalue weighted by Crippen LogP contribution is -2.10. The van der Waals surface area contributed by atoms with Crippen LogP contribution in [0.1, 0.15) is 22.8 Å². The molecule has 0 spiro atoms. The molecule has 0 atom stereocenters. The maximum absolute atomic E-state index is 12.3. The largest absolute Gasteiger partial charge is 0.497 e. The van der Waals surface area contributed by atoms with Gasteiger partial charge < -0.3 is 18.9 Å². The molecule has 26 heavy (non-hydrogen) atoms. The maximum atomic E-state index is 12.3. The molecule has 0 unspecified atom stereocenters. The van der Waals surface area contributed by atoms with E-state index < -0.39 is 11.9 Å². The number of benzene rings is 2. The van der Waals surface area contributed by atoms with Gasteiger partial charge in [-0.3, -0.25) is 0 Å². The van der Waals surface area contributed by atoms with Gasteiger partial charge in [0.1, 0.15) is 12.4 Å². The summed E-state index contributed by atoms with van der Waals surface area (Å²) >= 11 is 0. The smallest absolute Gasteiger partial charge is 0.338 e. The second-order valence-corrected chi connectivity index (χ2v) is 5.46. The van der Waals surface area contributed by atoms with E-state index in [0.717, 1.165) is 5.56 Å². The molecule has 0 heterocycles. The van der Waals surface area contributed by atoms with Gasteiger partial charge in [-0.1, -0.05) is 18.7 Å². The van der Waals surface area contributed by atoms with Crippen molar-refractivity contribution in [2.45, 2.75) is 13.5 Å². The Balaban J connectivity index is 2.08. The Bertz CT molecular complexity index is 825. The van der Waals surface area contributed by atoms with Gasteiger partial charge in [0.25, 0.3) is 0 Å². The molecule has 2 aromatic carbocycles. The molecule has 6 heteroatoms. The predicted octanol–water partition coefficient (Wildman–Crippen LogP) is 3.54. The minimum Gasteiger partial charge on any atom is -0.497 e. The fourth-order valence-electron chi connectivity index (χ4n) is 2.06. The summed E-state index contributed by atoms with van der Waals surface area (Å²) in [7, 11) is 2.98. The third-order valence-corrected chi connectivity index (χ3v) is 3.45. The fourth-order valence-corrected chi connectivity index (χ4v) is 2.06. The Morgan fingerprint density at radius 1 is 1.00 bits per heavy atom. The molecule has 0 aliphatic carbocycles. The highest BCUT2D eigenvalue weighted by Crippen LogP contribution is 2.29. The molecule has 0 aliphatic heterocycles. The lowest BCUT2D eigenvalue weighted by atomic mass is 10.2. The van der Waals surface area contributed by atoms with E-state index in [9.17, 15) is 9.59 Å². The van der Waals surface area contributed by atoms with Gasteiger partial charge >= 0.3 is 11.9 Å². The highest BCUT2D eigenvalue weighted by Gasteiger charge is 2.15. The molecule has 0 bridgehead atoms. The molecule has 0 aliphatic rings. The highest BCUT2D eigenvalue weighted by molar-refractivity contribution is 5.91. The number of esters is 2.